The van der Waals surface area contributed by atoms with Gasteiger partial charge in [0.25, 0.3) is 0 Å². The van der Waals surface area contributed by atoms with Gasteiger partial charge in [-0.1, -0.05) is 29.8 Å². The number of carbonyl (C=O) groups is 2. The van der Waals surface area contributed by atoms with Crippen LogP contribution in [0, 0.1) is 13.8 Å². The number of nitrogens with one attached hydrogen (secondary N) is 1. The van der Waals surface area contributed by atoms with E-state index in [1.54, 1.807) is 0 Å². The molecule has 0 bridgehead atoms. The van der Waals surface area contributed by atoms with Gasteiger partial charge in [-0.15, -0.1) is 0 Å². The molecule has 2 aromatic carbocycles. The molecule has 0 spiro atoms. The van der Waals surface area contributed by atoms with Crippen LogP contribution < -0.4 is 10.2 Å². The van der Waals surface area contributed by atoms with Crippen molar-refractivity contribution in [3.63, 3.8) is 0 Å². The van der Waals surface area contributed by atoms with Crippen molar-refractivity contribution in [2.75, 3.05) is 43.4 Å². The molecule has 28 heavy (non-hydrogen) atoms. The fourth-order valence-corrected chi connectivity index (χ4v) is 3.47. The van der Waals surface area contributed by atoms with E-state index in [1.165, 1.54) is 5.69 Å². The van der Waals surface area contributed by atoms with Gasteiger partial charge < -0.3 is 15.1 Å². The van der Waals surface area contributed by atoms with E-state index < -0.39 is 0 Å². The number of benzene rings is 2. The third-order valence-electron chi connectivity index (χ3n) is 5.28. The summed E-state index contributed by atoms with van der Waals surface area (Å²) in [5.74, 6) is -0.135. The van der Waals surface area contributed by atoms with Crippen molar-refractivity contribution in [2.45, 2.75) is 26.7 Å². The maximum Gasteiger partial charge on any atom is 0.224 e. The number of amides is 1. The van der Waals surface area contributed by atoms with Gasteiger partial charge in [-0.25, -0.2) is 0 Å². The number of aryl methyl sites for hydroxylation is 2. The first-order chi connectivity index (χ1) is 13.4. The van der Waals surface area contributed by atoms with Crippen LogP contribution in [0.4, 0.5) is 11.4 Å². The highest BCUT2D eigenvalue weighted by atomic mass is 16.2. The van der Waals surface area contributed by atoms with Crippen LogP contribution in [0.3, 0.4) is 0 Å². The lowest BCUT2D eigenvalue weighted by molar-refractivity contribution is -0.116. The molecule has 0 saturated carbocycles. The highest BCUT2D eigenvalue weighted by molar-refractivity contribution is 6.00. The van der Waals surface area contributed by atoms with Gasteiger partial charge >= 0.3 is 0 Å². The summed E-state index contributed by atoms with van der Waals surface area (Å²) in [5.41, 5.74) is 4.93. The second-order valence-electron chi connectivity index (χ2n) is 7.63. The molecule has 0 aliphatic carbocycles. The Balaban J connectivity index is 1.53. The molecule has 2 aromatic rings. The number of nitrogens with zero attached hydrogens (tertiary/aromatic N) is 2. The molecule has 1 amide bonds. The fraction of sp³-hybridized carbons (Fsp3) is 0.391. The maximum atomic E-state index is 12.3. The van der Waals surface area contributed by atoms with Crippen molar-refractivity contribution in [3.8, 4) is 0 Å². The zero-order valence-corrected chi connectivity index (χ0v) is 17.0. The molecule has 5 nitrogen and oxygen atoms in total. The summed E-state index contributed by atoms with van der Waals surface area (Å²) in [6, 6.07) is 13.5. The zero-order chi connectivity index (χ0) is 20.1. The smallest absolute Gasteiger partial charge is 0.224 e. The van der Waals surface area contributed by atoms with Crippen LogP contribution in [0.5, 0.6) is 0 Å². The van der Waals surface area contributed by atoms with E-state index in [2.05, 4.69) is 35.2 Å². The van der Waals surface area contributed by atoms with Gasteiger partial charge in [-0.2, -0.15) is 0 Å². The summed E-state index contributed by atoms with van der Waals surface area (Å²) < 4.78 is 0. The zero-order valence-electron chi connectivity index (χ0n) is 17.0. The predicted molar refractivity (Wildman–Crippen MR) is 114 cm³/mol. The van der Waals surface area contributed by atoms with Gasteiger partial charge in [0, 0.05) is 56.0 Å². The Hall–Kier alpha value is -2.66. The molecule has 0 aromatic heterocycles. The monoisotopic (exact) mass is 379 g/mol. The number of carbonyl (C=O) groups excluding carboxylic acids is 2. The van der Waals surface area contributed by atoms with Crippen molar-refractivity contribution in [3.05, 3.63) is 59.2 Å². The van der Waals surface area contributed by atoms with Crippen LogP contribution in [0.2, 0.25) is 0 Å². The summed E-state index contributed by atoms with van der Waals surface area (Å²) in [6.07, 6.45) is 0.402. The van der Waals surface area contributed by atoms with Crippen LogP contribution in [0.25, 0.3) is 0 Å². The van der Waals surface area contributed by atoms with Gasteiger partial charge in [0.2, 0.25) is 5.91 Å². The third-order valence-corrected chi connectivity index (χ3v) is 5.28. The fourth-order valence-electron chi connectivity index (χ4n) is 3.47. The van der Waals surface area contributed by atoms with Gasteiger partial charge in [0.1, 0.15) is 0 Å². The Bertz CT molecular complexity index is 837. The predicted octanol–water partition coefficient (Wildman–Crippen LogP) is 3.66. The van der Waals surface area contributed by atoms with Crippen molar-refractivity contribution >= 4 is 23.1 Å². The number of hydrogen-bond donors (Lipinski definition) is 1. The Kier molecular flexibility index (Phi) is 6.47. The first-order valence-corrected chi connectivity index (χ1v) is 9.86. The first kappa shape index (κ1) is 20.1. The first-order valence-electron chi connectivity index (χ1n) is 9.86. The Labute approximate surface area is 167 Å². The molecule has 3 rings (SSSR count). The number of ketones is 1. The van der Waals surface area contributed by atoms with Crippen LogP contribution in [0.1, 0.15) is 34.3 Å². The number of Topliss-reactive ketones (excluding diaryl/α,β-unsaturated/α-hetero) is 1. The van der Waals surface area contributed by atoms with Gasteiger partial charge in [-0.3, -0.25) is 9.59 Å². The normalized spacial score (nSPS) is 14.8. The summed E-state index contributed by atoms with van der Waals surface area (Å²) in [6.45, 7) is 8.22. The summed E-state index contributed by atoms with van der Waals surface area (Å²) in [5, 5.41) is 2.92. The molecule has 1 fully saturated rings. The second kappa shape index (κ2) is 9.02. The van der Waals surface area contributed by atoms with Crippen LogP contribution in [0.15, 0.2) is 42.5 Å². The topological polar surface area (TPSA) is 52.7 Å². The molecule has 1 saturated heterocycles. The average Bonchev–Trinajstić information content (AvgIpc) is 2.68. The lowest BCUT2D eigenvalue weighted by Gasteiger charge is -2.35. The van der Waals surface area contributed by atoms with Crippen molar-refractivity contribution in [1.29, 1.82) is 0 Å². The number of piperazine rings is 1. The van der Waals surface area contributed by atoms with Crippen molar-refractivity contribution in [2.24, 2.45) is 0 Å². The molecule has 1 heterocycles. The van der Waals surface area contributed by atoms with E-state index in [4.69, 9.17) is 0 Å². The van der Waals surface area contributed by atoms with Crippen LogP contribution in [-0.4, -0.2) is 49.8 Å². The molecular weight excluding hydrogens is 350 g/mol. The highest BCUT2D eigenvalue weighted by Gasteiger charge is 2.16. The second-order valence-corrected chi connectivity index (χ2v) is 7.63. The lowest BCUT2D eigenvalue weighted by atomic mass is 10.0. The van der Waals surface area contributed by atoms with E-state index in [-0.39, 0.29) is 24.5 Å². The quantitative estimate of drug-likeness (QED) is 0.779. The SMILES string of the molecule is Cc1ccc(C(=O)CCC(=O)Nc2ccc(N3CCN(C)CC3)c(C)c2)cc1. The number of hydrogen-bond acceptors (Lipinski definition) is 4. The molecule has 1 aliphatic rings. The molecule has 0 unspecified atom stereocenters. The molecule has 0 atom stereocenters. The molecule has 1 aliphatic heterocycles. The maximum absolute atomic E-state index is 12.3. The third kappa shape index (κ3) is 5.20. The largest absolute Gasteiger partial charge is 0.369 e. The average molecular weight is 380 g/mol. The lowest BCUT2D eigenvalue weighted by Crippen LogP contribution is -2.44. The van der Waals surface area contributed by atoms with E-state index in [1.807, 2.05) is 43.3 Å². The summed E-state index contributed by atoms with van der Waals surface area (Å²) in [7, 11) is 2.15. The Morgan fingerprint density at radius 2 is 1.61 bits per heavy atom. The Morgan fingerprint density at radius 3 is 2.25 bits per heavy atom. The molecule has 1 N–H and O–H groups in total. The number of likely N-dealkylation sites (N-methyl/N-ethyl adjacent to an activating group) is 1. The Morgan fingerprint density at radius 1 is 0.929 bits per heavy atom. The summed E-state index contributed by atoms with van der Waals surface area (Å²) >= 11 is 0. The molecule has 148 valence electrons. The van der Waals surface area contributed by atoms with Crippen LogP contribution >= 0.6 is 0 Å². The van der Waals surface area contributed by atoms with Crippen molar-refractivity contribution in [1.82, 2.24) is 4.90 Å². The van der Waals surface area contributed by atoms with E-state index in [0.717, 1.165) is 43.0 Å². The van der Waals surface area contributed by atoms with Gasteiger partial charge in [0.05, 0.1) is 0 Å². The molecular formula is C23H29N3O2. The minimum atomic E-state index is -0.132. The molecule has 5 heteroatoms. The van der Waals surface area contributed by atoms with E-state index in [9.17, 15) is 9.59 Å². The molecule has 0 radical (unpaired) electrons. The standard InChI is InChI=1S/C23H29N3O2/c1-17-4-6-19(7-5-17)22(27)10-11-23(28)24-20-8-9-21(18(2)16-20)26-14-12-25(3)13-15-26/h4-9,16H,10-15H2,1-3H3,(H,24,28). The van der Waals surface area contributed by atoms with Crippen LogP contribution in [-0.2, 0) is 4.79 Å². The van der Waals surface area contributed by atoms with E-state index >= 15 is 0 Å². The van der Waals surface area contributed by atoms with E-state index in [0.29, 0.717) is 5.56 Å². The minimum Gasteiger partial charge on any atom is -0.369 e. The number of rotatable bonds is 6. The van der Waals surface area contributed by atoms with Gasteiger partial charge in [0.15, 0.2) is 5.78 Å². The minimum absolute atomic E-state index is 0.00301. The summed E-state index contributed by atoms with van der Waals surface area (Å²) in [4.78, 5) is 29.2. The number of anilines is 2. The highest BCUT2D eigenvalue weighted by Crippen LogP contribution is 2.24. The van der Waals surface area contributed by atoms with Crippen molar-refractivity contribution < 1.29 is 9.59 Å². The van der Waals surface area contributed by atoms with Gasteiger partial charge in [-0.05, 0) is 44.7 Å².